The molecule has 0 amide bonds. The molecular formula is C7H15O5P. The fourth-order valence-corrected chi connectivity index (χ4v) is 1.13. The van der Waals surface area contributed by atoms with Crippen molar-refractivity contribution in [2.24, 2.45) is 0 Å². The molecule has 1 unspecified atom stereocenters. The Kier molecular flexibility index (Phi) is 8.24. The van der Waals surface area contributed by atoms with E-state index in [1.807, 2.05) is 0 Å². The predicted molar refractivity (Wildman–Crippen MR) is 48.0 cm³/mol. The summed E-state index contributed by atoms with van der Waals surface area (Å²) in [6.07, 6.45) is 0.139. The van der Waals surface area contributed by atoms with Crippen molar-refractivity contribution in [2.45, 2.75) is 20.3 Å². The van der Waals surface area contributed by atoms with Crippen LogP contribution in [0.4, 0.5) is 0 Å². The second-order valence-electron chi connectivity index (χ2n) is 2.04. The van der Waals surface area contributed by atoms with E-state index in [4.69, 9.17) is 13.9 Å². The molecule has 0 spiro atoms. The summed E-state index contributed by atoms with van der Waals surface area (Å²) in [7, 11) is -1.83. The molecule has 0 saturated carbocycles. The van der Waals surface area contributed by atoms with Crippen LogP contribution in [0.25, 0.3) is 0 Å². The lowest BCUT2D eigenvalue weighted by Crippen LogP contribution is -2.07. The maximum absolute atomic E-state index is 10.8. The van der Waals surface area contributed by atoms with Crippen molar-refractivity contribution in [2.75, 3.05) is 19.8 Å². The Bertz CT molecular complexity index is 141. The predicted octanol–water partition coefficient (Wildman–Crippen LogP) is 1.21. The SMILES string of the molecule is CCOC(=O)CCOP(O)OCC. The van der Waals surface area contributed by atoms with E-state index in [1.54, 1.807) is 13.8 Å². The molecule has 0 heterocycles. The van der Waals surface area contributed by atoms with Crippen LogP contribution < -0.4 is 0 Å². The second kappa shape index (κ2) is 8.38. The third-order valence-corrected chi connectivity index (χ3v) is 1.94. The monoisotopic (exact) mass is 210 g/mol. The number of hydrogen-bond donors (Lipinski definition) is 1. The number of esters is 1. The van der Waals surface area contributed by atoms with Gasteiger partial charge in [-0.05, 0) is 13.8 Å². The molecule has 0 aliphatic carbocycles. The molecule has 0 saturated heterocycles. The van der Waals surface area contributed by atoms with E-state index in [1.165, 1.54) is 0 Å². The van der Waals surface area contributed by atoms with E-state index in [0.717, 1.165) is 0 Å². The minimum Gasteiger partial charge on any atom is -0.466 e. The highest BCUT2D eigenvalue weighted by Crippen LogP contribution is 2.32. The van der Waals surface area contributed by atoms with Crippen LogP contribution in [0, 0.1) is 0 Å². The first-order valence-electron chi connectivity index (χ1n) is 4.11. The van der Waals surface area contributed by atoms with Crippen molar-refractivity contribution in [3.8, 4) is 0 Å². The lowest BCUT2D eigenvalue weighted by atomic mass is 10.5. The fraction of sp³-hybridized carbons (Fsp3) is 0.857. The fourth-order valence-electron chi connectivity index (χ4n) is 0.588. The van der Waals surface area contributed by atoms with Crippen molar-refractivity contribution in [3.63, 3.8) is 0 Å². The van der Waals surface area contributed by atoms with Crippen molar-refractivity contribution in [1.82, 2.24) is 0 Å². The quantitative estimate of drug-likeness (QED) is 0.505. The highest BCUT2D eigenvalue weighted by molar-refractivity contribution is 7.40. The van der Waals surface area contributed by atoms with Crippen molar-refractivity contribution in [3.05, 3.63) is 0 Å². The van der Waals surface area contributed by atoms with Gasteiger partial charge in [0, 0.05) is 0 Å². The molecule has 78 valence electrons. The van der Waals surface area contributed by atoms with Gasteiger partial charge >= 0.3 is 14.6 Å². The molecule has 13 heavy (non-hydrogen) atoms. The molecule has 0 fully saturated rings. The first-order chi connectivity index (χ1) is 6.20. The average Bonchev–Trinajstić information content (AvgIpc) is 2.05. The van der Waals surface area contributed by atoms with E-state index < -0.39 is 8.60 Å². The zero-order valence-electron chi connectivity index (χ0n) is 7.86. The highest BCUT2D eigenvalue weighted by atomic mass is 31.2. The summed E-state index contributed by atoms with van der Waals surface area (Å²) in [6, 6.07) is 0. The minimum absolute atomic E-state index is 0.126. The summed E-state index contributed by atoms with van der Waals surface area (Å²) in [6.45, 7) is 4.36. The Morgan fingerprint density at radius 2 is 2.00 bits per heavy atom. The smallest absolute Gasteiger partial charge is 0.329 e. The third kappa shape index (κ3) is 8.12. The normalized spacial score (nSPS) is 12.5. The Balaban J connectivity index is 3.28. The van der Waals surface area contributed by atoms with Gasteiger partial charge in [0.15, 0.2) is 0 Å². The first-order valence-corrected chi connectivity index (χ1v) is 5.24. The molecule has 0 radical (unpaired) electrons. The summed E-state index contributed by atoms with van der Waals surface area (Å²) in [4.78, 5) is 19.7. The van der Waals surface area contributed by atoms with E-state index in [-0.39, 0.29) is 19.0 Å². The van der Waals surface area contributed by atoms with Gasteiger partial charge in [0.1, 0.15) is 0 Å². The van der Waals surface area contributed by atoms with Gasteiger partial charge in [0.05, 0.1) is 26.2 Å². The van der Waals surface area contributed by atoms with Crippen LogP contribution in [-0.2, 0) is 18.6 Å². The van der Waals surface area contributed by atoms with Gasteiger partial charge in [-0.1, -0.05) is 0 Å². The van der Waals surface area contributed by atoms with Gasteiger partial charge in [0.2, 0.25) is 0 Å². The largest absolute Gasteiger partial charge is 0.466 e. The van der Waals surface area contributed by atoms with Crippen molar-refractivity contribution < 1.29 is 23.5 Å². The van der Waals surface area contributed by atoms with E-state index in [2.05, 4.69) is 4.74 Å². The molecule has 1 atom stereocenters. The summed E-state index contributed by atoms with van der Waals surface area (Å²) in [5.74, 6) is -0.331. The summed E-state index contributed by atoms with van der Waals surface area (Å²) in [5, 5.41) is 0. The first kappa shape index (κ1) is 12.8. The van der Waals surface area contributed by atoms with Gasteiger partial charge in [-0.15, -0.1) is 0 Å². The number of carbonyl (C=O) groups excluding carboxylic acids is 1. The van der Waals surface area contributed by atoms with E-state index in [0.29, 0.717) is 13.2 Å². The zero-order valence-corrected chi connectivity index (χ0v) is 8.75. The molecule has 0 aromatic heterocycles. The molecule has 6 heteroatoms. The lowest BCUT2D eigenvalue weighted by molar-refractivity contribution is -0.143. The van der Waals surface area contributed by atoms with Crippen LogP contribution in [0.2, 0.25) is 0 Å². The van der Waals surface area contributed by atoms with Crippen molar-refractivity contribution >= 4 is 14.6 Å². The number of rotatable bonds is 7. The van der Waals surface area contributed by atoms with Gasteiger partial charge in [-0.25, -0.2) is 0 Å². The van der Waals surface area contributed by atoms with E-state index in [9.17, 15) is 4.79 Å². The molecule has 1 N–H and O–H groups in total. The Morgan fingerprint density at radius 3 is 2.54 bits per heavy atom. The molecule has 0 aliphatic heterocycles. The number of hydrogen-bond acceptors (Lipinski definition) is 5. The molecule has 0 bridgehead atoms. The maximum atomic E-state index is 10.8. The number of ether oxygens (including phenoxy) is 1. The van der Waals surface area contributed by atoms with Crippen LogP contribution >= 0.6 is 8.60 Å². The van der Waals surface area contributed by atoms with Crippen LogP contribution in [0.1, 0.15) is 20.3 Å². The maximum Gasteiger partial charge on any atom is 0.329 e. The Labute approximate surface area is 79.0 Å². The van der Waals surface area contributed by atoms with Gasteiger partial charge < -0.3 is 18.7 Å². The topological polar surface area (TPSA) is 65.0 Å². The molecule has 0 aromatic rings. The highest BCUT2D eigenvalue weighted by Gasteiger charge is 2.07. The van der Waals surface area contributed by atoms with Gasteiger partial charge in [-0.2, -0.15) is 0 Å². The number of carbonyl (C=O) groups is 1. The second-order valence-corrected chi connectivity index (χ2v) is 3.04. The minimum atomic E-state index is -1.83. The van der Waals surface area contributed by atoms with Crippen LogP contribution in [0.5, 0.6) is 0 Å². The summed E-state index contributed by atoms with van der Waals surface area (Å²) < 4.78 is 14.2. The summed E-state index contributed by atoms with van der Waals surface area (Å²) in [5.41, 5.74) is 0. The van der Waals surface area contributed by atoms with Gasteiger partial charge in [-0.3, -0.25) is 4.79 Å². The van der Waals surface area contributed by atoms with E-state index >= 15 is 0 Å². The average molecular weight is 210 g/mol. The summed E-state index contributed by atoms with van der Waals surface area (Å²) >= 11 is 0. The van der Waals surface area contributed by atoms with Crippen LogP contribution in [-0.4, -0.2) is 30.7 Å². The zero-order chi connectivity index (χ0) is 10.1. The Hall–Kier alpha value is -0.220. The molecule has 5 nitrogen and oxygen atoms in total. The molecule has 0 aliphatic rings. The van der Waals surface area contributed by atoms with Crippen LogP contribution in [0.15, 0.2) is 0 Å². The lowest BCUT2D eigenvalue weighted by Gasteiger charge is -2.08. The Morgan fingerprint density at radius 1 is 1.31 bits per heavy atom. The third-order valence-electron chi connectivity index (χ3n) is 1.05. The standard InChI is InChI=1S/C7H15O5P/c1-3-10-7(8)5-6-12-13(9)11-4-2/h9H,3-6H2,1-2H3. The van der Waals surface area contributed by atoms with Crippen LogP contribution in [0.3, 0.4) is 0 Å². The van der Waals surface area contributed by atoms with Gasteiger partial charge in [0.25, 0.3) is 0 Å². The molecule has 0 aromatic carbocycles. The van der Waals surface area contributed by atoms with Crippen molar-refractivity contribution in [1.29, 1.82) is 0 Å². The molecule has 0 rings (SSSR count). The molecular weight excluding hydrogens is 195 g/mol.